The van der Waals surface area contributed by atoms with Gasteiger partial charge >= 0.3 is 0 Å². The second-order valence-electron chi connectivity index (χ2n) is 5.90. The van der Waals surface area contributed by atoms with Crippen LogP contribution in [0.3, 0.4) is 0 Å². The van der Waals surface area contributed by atoms with Crippen LogP contribution in [-0.2, 0) is 18.8 Å². The zero-order valence-corrected chi connectivity index (χ0v) is 16.1. The lowest BCUT2D eigenvalue weighted by Gasteiger charge is -2.08. The molecule has 0 unspecified atom stereocenters. The number of benzene rings is 2. The van der Waals surface area contributed by atoms with Gasteiger partial charge in [0.15, 0.2) is 11.0 Å². The molecule has 0 spiro atoms. The molecule has 0 atom stereocenters. The number of rotatable bonds is 8. The average Bonchev–Trinajstić information content (AvgIpc) is 3.13. The first-order valence-corrected chi connectivity index (χ1v) is 9.68. The molecule has 1 heterocycles. The number of thioether (sulfide) groups is 1. The number of nitrogens with one attached hydrogen (secondary N) is 1. The third-order valence-electron chi connectivity index (χ3n) is 4.07. The van der Waals surface area contributed by atoms with Gasteiger partial charge in [-0.15, -0.1) is 10.2 Å². The molecule has 0 aliphatic carbocycles. The SMILES string of the molecule is CCn1c(CNC(=O)c2ccccc2)nnc1SCc1ccc([N+](=O)[O-])cc1. The summed E-state index contributed by atoms with van der Waals surface area (Å²) in [4.78, 5) is 22.5. The lowest BCUT2D eigenvalue weighted by atomic mass is 10.2. The minimum absolute atomic E-state index is 0.0712. The number of carbonyl (C=O) groups is 1. The van der Waals surface area contributed by atoms with Crippen LogP contribution in [0.15, 0.2) is 59.8 Å². The number of hydrogen-bond acceptors (Lipinski definition) is 6. The summed E-state index contributed by atoms with van der Waals surface area (Å²) >= 11 is 1.50. The summed E-state index contributed by atoms with van der Waals surface area (Å²) in [5.74, 6) is 1.14. The highest BCUT2D eigenvalue weighted by Crippen LogP contribution is 2.23. The first-order chi connectivity index (χ1) is 13.6. The Kier molecular flexibility index (Phi) is 6.38. The van der Waals surface area contributed by atoms with Crippen LogP contribution in [0.25, 0.3) is 0 Å². The first-order valence-electron chi connectivity index (χ1n) is 8.70. The van der Waals surface area contributed by atoms with E-state index >= 15 is 0 Å². The summed E-state index contributed by atoms with van der Waals surface area (Å²) in [5, 5.41) is 22.7. The molecule has 2 aromatic carbocycles. The summed E-state index contributed by atoms with van der Waals surface area (Å²) in [6, 6.07) is 15.5. The molecule has 1 amide bonds. The van der Waals surface area contributed by atoms with Gasteiger partial charge in [0.05, 0.1) is 11.5 Å². The zero-order chi connectivity index (χ0) is 19.9. The van der Waals surface area contributed by atoms with Crippen molar-refractivity contribution >= 4 is 23.4 Å². The molecule has 0 radical (unpaired) electrons. The molecule has 0 bridgehead atoms. The Balaban J connectivity index is 1.61. The van der Waals surface area contributed by atoms with Crippen molar-refractivity contribution in [3.8, 4) is 0 Å². The zero-order valence-electron chi connectivity index (χ0n) is 15.2. The van der Waals surface area contributed by atoms with Crippen molar-refractivity contribution in [2.75, 3.05) is 0 Å². The molecule has 3 aromatic rings. The molecule has 1 N–H and O–H groups in total. The lowest BCUT2D eigenvalue weighted by Crippen LogP contribution is -2.24. The van der Waals surface area contributed by atoms with Crippen LogP contribution in [0.4, 0.5) is 5.69 Å². The predicted octanol–water partition coefficient (Wildman–Crippen LogP) is 3.43. The Morgan fingerprint density at radius 3 is 2.50 bits per heavy atom. The van der Waals surface area contributed by atoms with Gasteiger partial charge in [-0.05, 0) is 24.6 Å². The third kappa shape index (κ3) is 4.74. The maximum absolute atomic E-state index is 12.2. The van der Waals surface area contributed by atoms with E-state index in [4.69, 9.17) is 0 Å². The Morgan fingerprint density at radius 1 is 1.14 bits per heavy atom. The van der Waals surface area contributed by atoms with E-state index in [0.717, 1.165) is 10.7 Å². The van der Waals surface area contributed by atoms with Crippen molar-refractivity contribution in [1.29, 1.82) is 0 Å². The number of non-ortho nitro benzene ring substituents is 1. The van der Waals surface area contributed by atoms with E-state index in [0.29, 0.717) is 23.7 Å². The van der Waals surface area contributed by atoms with E-state index in [1.807, 2.05) is 29.7 Å². The van der Waals surface area contributed by atoms with E-state index in [2.05, 4.69) is 15.5 Å². The van der Waals surface area contributed by atoms with Gasteiger partial charge in [0.25, 0.3) is 11.6 Å². The van der Waals surface area contributed by atoms with E-state index in [1.165, 1.54) is 23.9 Å². The largest absolute Gasteiger partial charge is 0.345 e. The van der Waals surface area contributed by atoms with Crippen LogP contribution < -0.4 is 5.32 Å². The maximum Gasteiger partial charge on any atom is 0.269 e. The van der Waals surface area contributed by atoms with Gasteiger partial charge in [0, 0.05) is 30.0 Å². The Hall–Kier alpha value is -3.20. The number of nitro benzene ring substituents is 1. The fourth-order valence-corrected chi connectivity index (χ4v) is 3.56. The smallest absolute Gasteiger partial charge is 0.269 e. The standard InChI is InChI=1S/C19H19N5O3S/c1-2-23-17(12-20-18(25)15-6-4-3-5-7-15)21-22-19(23)28-13-14-8-10-16(11-9-14)24(26)27/h3-11H,2,12-13H2,1H3,(H,20,25). The first kappa shape index (κ1) is 19.6. The highest BCUT2D eigenvalue weighted by Gasteiger charge is 2.13. The van der Waals surface area contributed by atoms with Gasteiger partial charge in [-0.2, -0.15) is 0 Å². The van der Waals surface area contributed by atoms with Crippen molar-refractivity contribution in [3.63, 3.8) is 0 Å². The lowest BCUT2D eigenvalue weighted by molar-refractivity contribution is -0.384. The molecule has 0 aliphatic heterocycles. The predicted molar refractivity (Wildman–Crippen MR) is 106 cm³/mol. The van der Waals surface area contributed by atoms with Crippen molar-refractivity contribution < 1.29 is 9.72 Å². The molecule has 1 aromatic heterocycles. The third-order valence-corrected chi connectivity index (χ3v) is 5.11. The van der Waals surface area contributed by atoms with Crippen molar-refractivity contribution in [3.05, 3.63) is 81.7 Å². The normalized spacial score (nSPS) is 10.6. The molecule has 144 valence electrons. The molecular weight excluding hydrogens is 378 g/mol. The summed E-state index contributed by atoms with van der Waals surface area (Å²) in [6.07, 6.45) is 0. The van der Waals surface area contributed by atoms with Crippen LogP contribution in [-0.4, -0.2) is 25.6 Å². The van der Waals surface area contributed by atoms with E-state index in [9.17, 15) is 14.9 Å². The van der Waals surface area contributed by atoms with Crippen LogP contribution >= 0.6 is 11.8 Å². The van der Waals surface area contributed by atoms with E-state index < -0.39 is 4.92 Å². The monoisotopic (exact) mass is 397 g/mol. The summed E-state index contributed by atoms with van der Waals surface area (Å²) in [6.45, 7) is 2.95. The van der Waals surface area contributed by atoms with E-state index in [1.54, 1.807) is 24.3 Å². The number of aromatic nitrogens is 3. The summed E-state index contributed by atoms with van der Waals surface area (Å²) in [7, 11) is 0. The van der Waals surface area contributed by atoms with Gasteiger partial charge in [0.1, 0.15) is 0 Å². The number of amides is 1. The maximum atomic E-state index is 12.2. The van der Waals surface area contributed by atoms with Gasteiger partial charge in [-0.25, -0.2) is 0 Å². The Labute approximate surface area is 166 Å². The fourth-order valence-electron chi connectivity index (χ4n) is 2.59. The molecule has 0 aliphatic rings. The number of nitro groups is 1. The molecule has 0 saturated heterocycles. The van der Waals surface area contributed by atoms with Gasteiger partial charge < -0.3 is 9.88 Å². The fraction of sp³-hybridized carbons (Fsp3) is 0.211. The second-order valence-corrected chi connectivity index (χ2v) is 6.85. The minimum atomic E-state index is -0.416. The Morgan fingerprint density at radius 2 is 1.86 bits per heavy atom. The molecule has 9 heteroatoms. The molecular formula is C19H19N5O3S. The van der Waals surface area contributed by atoms with Crippen LogP contribution in [0.5, 0.6) is 0 Å². The second kappa shape index (κ2) is 9.14. The van der Waals surface area contributed by atoms with Gasteiger partial charge in [0.2, 0.25) is 0 Å². The number of nitrogens with zero attached hydrogens (tertiary/aromatic N) is 4. The molecule has 8 nitrogen and oxygen atoms in total. The highest BCUT2D eigenvalue weighted by atomic mass is 32.2. The topological polar surface area (TPSA) is 103 Å². The van der Waals surface area contributed by atoms with Crippen molar-refractivity contribution in [1.82, 2.24) is 20.1 Å². The molecule has 28 heavy (non-hydrogen) atoms. The quantitative estimate of drug-likeness (QED) is 0.355. The van der Waals surface area contributed by atoms with E-state index in [-0.39, 0.29) is 18.1 Å². The van der Waals surface area contributed by atoms with Crippen molar-refractivity contribution in [2.45, 2.75) is 30.9 Å². The molecule has 0 saturated carbocycles. The number of hydrogen-bond donors (Lipinski definition) is 1. The Bertz CT molecular complexity index is 957. The summed E-state index contributed by atoms with van der Waals surface area (Å²) < 4.78 is 1.95. The average molecular weight is 397 g/mol. The van der Waals surface area contributed by atoms with Crippen LogP contribution in [0, 0.1) is 10.1 Å². The van der Waals surface area contributed by atoms with Crippen LogP contribution in [0.1, 0.15) is 28.7 Å². The van der Waals surface area contributed by atoms with Gasteiger partial charge in [-0.3, -0.25) is 14.9 Å². The highest BCUT2D eigenvalue weighted by molar-refractivity contribution is 7.98. The van der Waals surface area contributed by atoms with Crippen LogP contribution in [0.2, 0.25) is 0 Å². The molecule has 0 fully saturated rings. The summed E-state index contributed by atoms with van der Waals surface area (Å²) in [5.41, 5.74) is 1.62. The molecule has 3 rings (SSSR count). The van der Waals surface area contributed by atoms with Crippen molar-refractivity contribution in [2.24, 2.45) is 0 Å². The van der Waals surface area contributed by atoms with Gasteiger partial charge in [-0.1, -0.05) is 42.1 Å². The number of carbonyl (C=O) groups excluding carboxylic acids is 1. The minimum Gasteiger partial charge on any atom is -0.345 e.